The molecule has 4 nitrogen and oxygen atoms in total. The summed E-state index contributed by atoms with van der Waals surface area (Å²) in [6.45, 7) is 4.06. The van der Waals surface area contributed by atoms with Crippen LogP contribution in [0.15, 0.2) is 47.1 Å². The van der Waals surface area contributed by atoms with E-state index in [9.17, 15) is 4.79 Å². The number of hydrogen-bond donors (Lipinski definition) is 1. The van der Waals surface area contributed by atoms with Crippen LogP contribution in [-0.2, 0) is 4.79 Å². The number of aromatic nitrogens is 2. The summed E-state index contributed by atoms with van der Waals surface area (Å²) < 4.78 is 1.04. The zero-order valence-electron chi connectivity index (χ0n) is 12.9. The Labute approximate surface area is 143 Å². The Kier molecular flexibility index (Phi) is 4.93. The van der Waals surface area contributed by atoms with Gasteiger partial charge in [-0.1, -0.05) is 36.0 Å². The summed E-state index contributed by atoms with van der Waals surface area (Å²) in [5, 5.41) is 5.90. The van der Waals surface area contributed by atoms with Gasteiger partial charge in [0.1, 0.15) is 11.4 Å². The summed E-state index contributed by atoms with van der Waals surface area (Å²) in [7, 11) is 0. The molecule has 0 saturated carbocycles. The second-order valence-corrected chi connectivity index (χ2v) is 7.13. The number of nitrogens with zero attached hydrogens (tertiary/aromatic N) is 2. The number of thiophene rings is 1. The highest BCUT2D eigenvalue weighted by atomic mass is 32.2. The molecule has 1 atom stereocenters. The summed E-state index contributed by atoms with van der Waals surface area (Å²) in [5.41, 5.74) is 3.26. The Bertz CT molecular complexity index is 831. The van der Waals surface area contributed by atoms with E-state index in [0.29, 0.717) is 5.75 Å². The quantitative estimate of drug-likeness (QED) is 0.562. The lowest BCUT2D eigenvalue weighted by molar-refractivity contribution is -0.119. The molecule has 2 heterocycles. The third kappa shape index (κ3) is 3.71. The molecule has 1 unspecified atom stereocenters. The van der Waals surface area contributed by atoms with Gasteiger partial charge in [0.25, 0.3) is 0 Å². The molecule has 6 heteroatoms. The number of rotatable bonds is 5. The maximum atomic E-state index is 12.2. The lowest BCUT2D eigenvalue weighted by Gasteiger charge is -2.16. The minimum atomic E-state index is -0.00328. The van der Waals surface area contributed by atoms with Crippen molar-refractivity contribution in [3.05, 3.63) is 53.2 Å². The largest absolute Gasteiger partial charge is 0.349 e. The van der Waals surface area contributed by atoms with Crippen LogP contribution in [0.2, 0.25) is 0 Å². The second-order valence-electron chi connectivity index (χ2n) is 5.25. The molecule has 1 N–H and O–H groups in total. The Morgan fingerprint density at radius 1 is 1.30 bits per heavy atom. The highest BCUT2D eigenvalue weighted by molar-refractivity contribution is 8.00. The molecule has 1 aromatic carbocycles. The molecule has 0 saturated heterocycles. The van der Waals surface area contributed by atoms with E-state index in [0.717, 1.165) is 20.8 Å². The normalized spacial score (nSPS) is 12.3. The Morgan fingerprint density at radius 2 is 2.13 bits per heavy atom. The van der Waals surface area contributed by atoms with Gasteiger partial charge in [0.15, 0.2) is 0 Å². The fraction of sp³-hybridized carbons (Fsp3) is 0.235. The molecular weight excluding hydrogens is 326 g/mol. The number of hydrogen-bond acceptors (Lipinski definition) is 5. The minimum Gasteiger partial charge on any atom is -0.349 e. The van der Waals surface area contributed by atoms with Gasteiger partial charge in [0.2, 0.25) is 5.91 Å². The van der Waals surface area contributed by atoms with Gasteiger partial charge in [-0.3, -0.25) is 4.79 Å². The smallest absolute Gasteiger partial charge is 0.230 e. The molecule has 0 fully saturated rings. The third-order valence-corrected chi connectivity index (χ3v) is 5.61. The molecule has 0 aliphatic heterocycles. The van der Waals surface area contributed by atoms with Crippen molar-refractivity contribution < 1.29 is 4.79 Å². The lowest BCUT2D eigenvalue weighted by atomic mass is 10.0. The van der Waals surface area contributed by atoms with E-state index < -0.39 is 0 Å². The summed E-state index contributed by atoms with van der Waals surface area (Å²) >= 11 is 3.05. The predicted octanol–water partition coefficient (Wildman–Crippen LogP) is 3.97. The average molecular weight is 343 g/mol. The van der Waals surface area contributed by atoms with E-state index >= 15 is 0 Å². The summed E-state index contributed by atoms with van der Waals surface area (Å²) in [4.78, 5) is 20.7. The topological polar surface area (TPSA) is 54.9 Å². The standard InChI is InChI=1S/C17H17N3OS2/c1-11-5-3-4-6-13(11)12(2)20-15(21)9-23-17-16-14(7-8-22-16)18-10-19-17/h3-8,10,12H,9H2,1-2H3,(H,20,21). The number of carbonyl (C=O) groups excluding carboxylic acids is 1. The summed E-state index contributed by atoms with van der Waals surface area (Å²) in [5.74, 6) is 0.356. The van der Waals surface area contributed by atoms with Crippen molar-refractivity contribution in [3.8, 4) is 0 Å². The fourth-order valence-corrected chi connectivity index (χ4v) is 4.19. The van der Waals surface area contributed by atoms with Gasteiger partial charge >= 0.3 is 0 Å². The van der Waals surface area contributed by atoms with Gasteiger partial charge < -0.3 is 5.32 Å². The highest BCUT2D eigenvalue weighted by Gasteiger charge is 2.13. The molecule has 3 aromatic rings. The maximum Gasteiger partial charge on any atom is 0.230 e. The number of nitrogens with one attached hydrogen (secondary N) is 1. The van der Waals surface area contributed by atoms with Crippen molar-refractivity contribution >= 4 is 39.2 Å². The first-order valence-corrected chi connectivity index (χ1v) is 9.17. The van der Waals surface area contributed by atoms with Crippen molar-refractivity contribution in [2.75, 3.05) is 5.75 Å². The first-order valence-electron chi connectivity index (χ1n) is 7.31. The zero-order chi connectivity index (χ0) is 16.2. The molecule has 1 amide bonds. The molecule has 118 valence electrons. The van der Waals surface area contributed by atoms with Crippen LogP contribution >= 0.6 is 23.1 Å². The minimum absolute atomic E-state index is 0.00328. The van der Waals surface area contributed by atoms with Crippen molar-refractivity contribution in [3.63, 3.8) is 0 Å². The summed E-state index contributed by atoms with van der Waals surface area (Å²) in [6, 6.07) is 10.1. The number of carbonyl (C=O) groups is 1. The molecule has 2 aromatic heterocycles. The Hall–Kier alpha value is -1.92. The highest BCUT2D eigenvalue weighted by Crippen LogP contribution is 2.28. The van der Waals surface area contributed by atoms with Crippen LogP contribution in [-0.4, -0.2) is 21.6 Å². The maximum absolute atomic E-state index is 12.2. The third-order valence-electron chi connectivity index (χ3n) is 3.58. The number of aryl methyl sites for hydroxylation is 1. The summed E-state index contributed by atoms with van der Waals surface area (Å²) in [6.07, 6.45) is 1.55. The van der Waals surface area contributed by atoms with Crippen LogP contribution in [0.4, 0.5) is 0 Å². The van der Waals surface area contributed by atoms with Gasteiger partial charge in [-0.25, -0.2) is 9.97 Å². The van der Waals surface area contributed by atoms with Crippen LogP contribution in [0.5, 0.6) is 0 Å². The van der Waals surface area contributed by atoms with E-state index in [1.807, 2.05) is 36.6 Å². The van der Waals surface area contributed by atoms with Crippen LogP contribution in [0.1, 0.15) is 24.1 Å². The van der Waals surface area contributed by atoms with Gasteiger partial charge in [0.05, 0.1) is 22.0 Å². The molecule has 0 aliphatic rings. The van der Waals surface area contributed by atoms with Crippen LogP contribution in [0, 0.1) is 6.92 Å². The van der Waals surface area contributed by atoms with E-state index in [1.54, 1.807) is 17.7 Å². The van der Waals surface area contributed by atoms with Crippen molar-refractivity contribution in [1.29, 1.82) is 0 Å². The van der Waals surface area contributed by atoms with Crippen LogP contribution < -0.4 is 5.32 Å². The molecular formula is C17H17N3OS2. The van der Waals surface area contributed by atoms with E-state index in [1.165, 1.54) is 17.3 Å². The van der Waals surface area contributed by atoms with Crippen molar-refractivity contribution in [2.45, 2.75) is 24.9 Å². The van der Waals surface area contributed by atoms with Crippen molar-refractivity contribution in [1.82, 2.24) is 15.3 Å². The molecule has 0 spiro atoms. The zero-order valence-corrected chi connectivity index (χ0v) is 14.6. The van der Waals surface area contributed by atoms with Gasteiger partial charge in [-0.15, -0.1) is 11.3 Å². The van der Waals surface area contributed by atoms with Crippen LogP contribution in [0.25, 0.3) is 10.2 Å². The average Bonchev–Trinajstić information content (AvgIpc) is 3.02. The lowest BCUT2D eigenvalue weighted by Crippen LogP contribution is -2.28. The number of fused-ring (bicyclic) bond motifs is 1. The Morgan fingerprint density at radius 3 is 2.96 bits per heavy atom. The molecule has 23 heavy (non-hydrogen) atoms. The fourth-order valence-electron chi connectivity index (χ4n) is 2.44. The van der Waals surface area contributed by atoms with E-state index in [2.05, 4.69) is 28.3 Å². The Balaban J connectivity index is 1.62. The predicted molar refractivity (Wildman–Crippen MR) is 95.9 cm³/mol. The number of amides is 1. The van der Waals surface area contributed by atoms with Gasteiger partial charge in [0, 0.05) is 0 Å². The number of benzene rings is 1. The molecule has 3 rings (SSSR count). The monoisotopic (exact) mass is 343 g/mol. The SMILES string of the molecule is Cc1ccccc1C(C)NC(=O)CSc1ncnc2ccsc12. The number of thioether (sulfide) groups is 1. The van der Waals surface area contributed by atoms with E-state index in [-0.39, 0.29) is 11.9 Å². The first-order chi connectivity index (χ1) is 11.1. The van der Waals surface area contributed by atoms with Gasteiger partial charge in [-0.2, -0.15) is 0 Å². The van der Waals surface area contributed by atoms with Gasteiger partial charge in [-0.05, 0) is 36.4 Å². The molecule has 0 bridgehead atoms. The van der Waals surface area contributed by atoms with E-state index in [4.69, 9.17) is 0 Å². The second kappa shape index (κ2) is 7.10. The molecule has 0 radical (unpaired) electrons. The van der Waals surface area contributed by atoms with Crippen molar-refractivity contribution in [2.24, 2.45) is 0 Å². The first kappa shape index (κ1) is 16.0. The van der Waals surface area contributed by atoms with Crippen LogP contribution in [0.3, 0.4) is 0 Å². The molecule has 0 aliphatic carbocycles.